The van der Waals surface area contributed by atoms with Crippen molar-refractivity contribution in [3.63, 3.8) is 0 Å². The molecule has 0 spiro atoms. The molecule has 1 fully saturated rings. The minimum atomic E-state index is -0.239. The number of ether oxygens (including phenoxy) is 3. The molecule has 0 unspecified atom stereocenters. The Hall–Kier alpha value is -3.56. The summed E-state index contributed by atoms with van der Waals surface area (Å²) in [5, 5.41) is 2.91. The SMILES string of the molecule is COc1ccccc1CCNC(=O)c1coc(CN2CCN(Cc3cccc(OC)c3OC)CC2)n1. The van der Waals surface area contributed by atoms with Crippen LogP contribution < -0.4 is 19.5 Å². The summed E-state index contributed by atoms with van der Waals surface area (Å²) >= 11 is 0. The minimum absolute atomic E-state index is 0.239. The van der Waals surface area contributed by atoms with Gasteiger partial charge in [-0.1, -0.05) is 30.3 Å². The second-order valence-corrected chi connectivity index (χ2v) is 8.65. The number of hydrogen-bond acceptors (Lipinski definition) is 8. The quantitative estimate of drug-likeness (QED) is 0.435. The number of oxazole rings is 1. The van der Waals surface area contributed by atoms with Gasteiger partial charge in [-0.2, -0.15) is 0 Å². The van der Waals surface area contributed by atoms with Crippen molar-refractivity contribution in [1.29, 1.82) is 0 Å². The smallest absolute Gasteiger partial charge is 0.273 e. The van der Waals surface area contributed by atoms with Crippen LogP contribution in [-0.4, -0.2) is 74.7 Å². The summed E-state index contributed by atoms with van der Waals surface area (Å²) in [5.74, 6) is 2.66. The van der Waals surface area contributed by atoms with Gasteiger partial charge in [0, 0.05) is 44.8 Å². The molecule has 1 aliphatic rings. The van der Waals surface area contributed by atoms with Gasteiger partial charge >= 0.3 is 0 Å². The number of methoxy groups -OCH3 is 3. The third-order valence-electron chi connectivity index (χ3n) is 6.36. The Morgan fingerprint density at radius 2 is 1.56 bits per heavy atom. The number of amides is 1. The average molecular weight is 495 g/mol. The zero-order chi connectivity index (χ0) is 25.3. The highest BCUT2D eigenvalue weighted by Gasteiger charge is 2.21. The number of piperazine rings is 1. The highest BCUT2D eigenvalue weighted by atomic mass is 16.5. The molecule has 2 heterocycles. The molecular weight excluding hydrogens is 460 g/mol. The topological polar surface area (TPSA) is 89.3 Å². The first-order valence-corrected chi connectivity index (χ1v) is 12.1. The lowest BCUT2D eigenvalue weighted by atomic mass is 10.1. The fourth-order valence-electron chi connectivity index (χ4n) is 4.41. The molecule has 36 heavy (non-hydrogen) atoms. The number of benzene rings is 2. The summed E-state index contributed by atoms with van der Waals surface area (Å²) in [5.41, 5.74) is 2.46. The number of nitrogens with zero attached hydrogens (tertiary/aromatic N) is 3. The van der Waals surface area contributed by atoms with E-state index in [4.69, 9.17) is 18.6 Å². The van der Waals surface area contributed by atoms with Gasteiger partial charge in [-0.25, -0.2) is 4.98 Å². The highest BCUT2D eigenvalue weighted by molar-refractivity contribution is 5.91. The van der Waals surface area contributed by atoms with Crippen molar-refractivity contribution in [3.05, 3.63) is 71.4 Å². The van der Waals surface area contributed by atoms with Crippen molar-refractivity contribution in [1.82, 2.24) is 20.1 Å². The summed E-state index contributed by atoms with van der Waals surface area (Å²) in [7, 11) is 4.97. The van der Waals surface area contributed by atoms with E-state index in [-0.39, 0.29) is 5.91 Å². The molecule has 0 atom stereocenters. The largest absolute Gasteiger partial charge is 0.496 e. The van der Waals surface area contributed by atoms with E-state index in [1.165, 1.54) is 6.26 Å². The monoisotopic (exact) mass is 494 g/mol. The molecule has 1 amide bonds. The Morgan fingerprint density at radius 3 is 2.28 bits per heavy atom. The molecule has 3 aromatic rings. The van der Waals surface area contributed by atoms with Crippen molar-refractivity contribution < 1.29 is 23.4 Å². The van der Waals surface area contributed by atoms with Crippen molar-refractivity contribution >= 4 is 5.91 Å². The molecular formula is C27H34N4O5. The van der Waals surface area contributed by atoms with Gasteiger partial charge < -0.3 is 23.9 Å². The normalized spacial score (nSPS) is 14.4. The molecule has 2 aromatic carbocycles. The van der Waals surface area contributed by atoms with Gasteiger partial charge in [0.25, 0.3) is 5.91 Å². The average Bonchev–Trinajstić information content (AvgIpc) is 3.38. The fourth-order valence-corrected chi connectivity index (χ4v) is 4.41. The van der Waals surface area contributed by atoms with Gasteiger partial charge in [-0.05, 0) is 24.1 Å². The maximum Gasteiger partial charge on any atom is 0.273 e. The van der Waals surface area contributed by atoms with Crippen LogP contribution in [0.3, 0.4) is 0 Å². The number of carbonyl (C=O) groups is 1. The third-order valence-corrected chi connectivity index (χ3v) is 6.36. The Kier molecular flexibility index (Phi) is 8.80. The molecule has 9 nitrogen and oxygen atoms in total. The maximum absolute atomic E-state index is 12.5. The van der Waals surface area contributed by atoms with Gasteiger partial charge in [-0.15, -0.1) is 0 Å². The van der Waals surface area contributed by atoms with E-state index in [0.717, 1.165) is 61.1 Å². The number of nitrogens with one attached hydrogen (secondary N) is 1. The van der Waals surface area contributed by atoms with Crippen LogP contribution in [-0.2, 0) is 19.5 Å². The van der Waals surface area contributed by atoms with E-state index >= 15 is 0 Å². The maximum atomic E-state index is 12.5. The van der Waals surface area contributed by atoms with E-state index < -0.39 is 0 Å². The van der Waals surface area contributed by atoms with Crippen LogP contribution in [0.1, 0.15) is 27.5 Å². The van der Waals surface area contributed by atoms with Crippen molar-refractivity contribution in [3.8, 4) is 17.2 Å². The molecule has 192 valence electrons. The second kappa shape index (κ2) is 12.4. The van der Waals surface area contributed by atoms with Gasteiger partial charge in [0.2, 0.25) is 5.89 Å². The second-order valence-electron chi connectivity index (χ2n) is 8.65. The number of aromatic nitrogens is 1. The van der Waals surface area contributed by atoms with Crippen LogP contribution in [0.15, 0.2) is 53.1 Å². The molecule has 1 saturated heterocycles. The lowest BCUT2D eigenvalue weighted by Gasteiger charge is -2.34. The lowest BCUT2D eigenvalue weighted by molar-refractivity contribution is 0.0948. The number of carbonyl (C=O) groups excluding carboxylic acids is 1. The van der Waals surface area contributed by atoms with Crippen LogP contribution in [0.5, 0.6) is 17.2 Å². The third kappa shape index (κ3) is 6.35. The van der Waals surface area contributed by atoms with Crippen LogP contribution in [0, 0.1) is 0 Å². The van der Waals surface area contributed by atoms with Gasteiger partial charge in [0.1, 0.15) is 12.0 Å². The zero-order valence-corrected chi connectivity index (χ0v) is 21.2. The number of para-hydroxylation sites is 2. The summed E-state index contributed by atoms with van der Waals surface area (Å²) in [6.07, 6.45) is 2.10. The van der Waals surface area contributed by atoms with Crippen molar-refractivity contribution in [2.24, 2.45) is 0 Å². The molecule has 9 heteroatoms. The molecule has 0 radical (unpaired) electrons. The molecule has 0 saturated carbocycles. The van der Waals surface area contributed by atoms with Gasteiger partial charge in [0.15, 0.2) is 17.2 Å². The van der Waals surface area contributed by atoms with E-state index in [1.807, 2.05) is 36.4 Å². The van der Waals surface area contributed by atoms with Crippen molar-refractivity contribution in [2.75, 3.05) is 54.1 Å². The highest BCUT2D eigenvalue weighted by Crippen LogP contribution is 2.31. The summed E-state index contributed by atoms with van der Waals surface area (Å²) in [4.78, 5) is 21.6. The Labute approximate surface area is 212 Å². The first-order valence-electron chi connectivity index (χ1n) is 12.1. The molecule has 1 aliphatic heterocycles. The summed E-state index contributed by atoms with van der Waals surface area (Å²) in [6.45, 7) is 5.46. The molecule has 4 rings (SSSR count). The first kappa shape index (κ1) is 25.5. The van der Waals surface area contributed by atoms with E-state index in [0.29, 0.717) is 31.1 Å². The fraction of sp³-hybridized carbons (Fsp3) is 0.407. The Balaban J connectivity index is 1.23. The van der Waals surface area contributed by atoms with Crippen LogP contribution in [0.4, 0.5) is 0 Å². The van der Waals surface area contributed by atoms with Crippen LogP contribution in [0.25, 0.3) is 0 Å². The van der Waals surface area contributed by atoms with E-state index in [2.05, 4.69) is 26.2 Å². The van der Waals surface area contributed by atoms with E-state index in [1.54, 1.807) is 21.3 Å². The Bertz CT molecular complexity index is 1140. The predicted molar refractivity (Wildman–Crippen MR) is 136 cm³/mol. The van der Waals surface area contributed by atoms with Gasteiger partial charge in [-0.3, -0.25) is 14.6 Å². The molecule has 1 N–H and O–H groups in total. The van der Waals surface area contributed by atoms with Crippen LogP contribution in [0.2, 0.25) is 0 Å². The number of rotatable bonds is 11. The summed E-state index contributed by atoms with van der Waals surface area (Å²) < 4.78 is 21.9. The van der Waals surface area contributed by atoms with E-state index in [9.17, 15) is 4.79 Å². The summed E-state index contributed by atoms with van der Waals surface area (Å²) in [6, 6.07) is 13.8. The van der Waals surface area contributed by atoms with Crippen molar-refractivity contribution in [2.45, 2.75) is 19.5 Å². The Morgan fingerprint density at radius 1 is 0.889 bits per heavy atom. The van der Waals surface area contributed by atoms with Gasteiger partial charge in [0.05, 0.1) is 27.9 Å². The molecule has 0 aliphatic carbocycles. The molecule has 1 aromatic heterocycles. The standard InChI is InChI=1S/C27H34N4O5/c1-33-23-9-5-4-7-20(23)11-12-28-27(32)22-19-36-25(29-22)18-31-15-13-30(14-16-31)17-21-8-6-10-24(34-2)26(21)35-3/h4-10,19H,11-18H2,1-3H3,(H,28,32). The predicted octanol–water partition coefficient (Wildman–Crippen LogP) is 2.99. The zero-order valence-electron chi connectivity index (χ0n) is 21.2. The number of hydrogen-bond donors (Lipinski definition) is 1. The first-order chi connectivity index (χ1) is 17.6. The van der Waals surface area contributed by atoms with Crippen LogP contribution >= 0.6 is 0 Å². The molecule has 0 bridgehead atoms. The minimum Gasteiger partial charge on any atom is -0.496 e. The lowest BCUT2D eigenvalue weighted by Crippen LogP contribution is -2.45.